The molecular formula is C19H12F17O6-. The molecule has 42 heavy (non-hydrogen) atoms. The number of rotatable bonds is 13. The molecule has 0 aromatic heterocycles. The van der Waals surface area contributed by atoms with Crippen LogP contribution in [0.5, 0.6) is 0 Å². The van der Waals surface area contributed by atoms with Crippen molar-refractivity contribution in [2.45, 2.75) is 86.2 Å². The maximum absolute atomic E-state index is 14.7. The van der Waals surface area contributed by atoms with Gasteiger partial charge in [-0.2, -0.15) is 57.1 Å². The Labute approximate surface area is 220 Å². The van der Waals surface area contributed by atoms with E-state index >= 15 is 0 Å². The molecule has 0 radical (unpaired) electrons. The van der Waals surface area contributed by atoms with E-state index in [1.807, 2.05) is 0 Å². The van der Waals surface area contributed by atoms with Gasteiger partial charge in [-0.25, -0.2) is 17.6 Å². The molecule has 0 spiro atoms. The molecule has 0 saturated carbocycles. The zero-order valence-corrected chi connectivity index (χ0v) is 20.4. The predicted octanol–water partition coefficient (Wildman–Crippen LogP) is 3.66. The molecule has 0 saturated heterocycles. The Hall–Kier alpha value is -3.04. The summed E-state index contributed by atoms with van der Waals surface area (Å²) in [7, 11) is 0. The summed E-state index contributed by atoms with van der Waals surface area (Å²) in [6.45, 7) is -4.51. The summed E-state index contributed by atoms with van der Waals surface area (Å²) in [5.74, 6) is -57.7. The number of carboxylic acid groups (broad SMARTS) is 1. The standard InChI is InChI=1S/C19H13F17O6/c1-10(20,9(41)42)5(37)14(24,25)11(2,21)6(38)15(26,27)12(3,22)7(39)16(28,29)13(4,23)8(40)17(30,31)18(32,33)19(34,35)36/h1-4H3,(H,41,42)/p-1. The van der Waals surface area contributed by atoms with Crippen LogP contribution in [0.1, 0.15) is 27.7 Å². The Bertz CT molecular complexity index is 1160. The molecule has 0 N–H and O–H groups in total. The molecule has 0 aromatic rings. The molecule has 0 fully saturated rings. The summed E-state index contributed by atoms with van der Waals surface area (Å²) in [4.78, 5) is 56.9. The van der Waals surface area contributed by atoms with E-state index in [0.29, 0.717) is 0 Å². The number of hydrogen-bond donors (Lipinski definition) is 0. The van der Waals surface area contributed by atoms with Gasteiger partial charge < -0.3 is 9.90 Å². The van der Waals surface area contributed by atoms with Crippen molar-refractivity contribution in [2.24, 2.45) is 0 Å². The molecule has 244 valence electrons. The lowest BCUT2D eigenvalue weighted by molar-refractivity contribution is -0.346. The first kappa shape index (κ1) is 39.0. The molecule has 0 aromatic carbocycles. The summed E-state index contributed by atoms with van der Waals surface area (Å²) in [5.41, 5.74) is -24.0. The van der Waals surface area contributed by atoms with E-state index in [2.05, 4.69) is 0 Å². The highest BCUT2D eigenvalue weighted by Crippen LogP contribution is 2.53. The minimum absolute atomic E-state index is 0.613. The van der Waals surface area contributed by atoms with Crippen molar-refractivity contribution in [3.05, 3.63) is 0 Å². The van der Waals surface area contributed by atoms with Crippen LogP contribution in [0.3, 0.4) is 0 Å². The van der Waals surface area contributed by atoms with Crippen LogP contribution in [0.25, 0.3) is 0 Å². The van der Waals surface area contributed by atoms with Crippen LogP contribution in [-0.2, 0) is 24.0 Å². The van der Waals surface area contributed by atoms with Crippen molar-refractivity contribution in [3.63, 3.8) is 0 Å². The fraction of sp³-hybridized carbons (Fsp3) is 0.737. The lowest BCUT2D eigenvalue weighted by Gasteiger charge is -2.39. The number of ketones is 4. The first-order valence-corrected chi connectivity index (χ1v) is 9.94. The van der Waals surface area contributed by atoms with Crippen LogP contribution in [0, 0.1) is 0 Å². The van der Waals surface area contributed by atoms with Crippen LogP contribution in [0.15, 0.2) is 0 Å². The average molecular weight is 659 g/mol. The number of hydrogen-bond acceptors (Lipinski definition) is 6. The summed E-state index contributed by atoms with van der Waals surface area (Å²) >= 11 is 0. The molecule has 4 unspecified atom stereocenters. The second-order valence-electron chi connectivity index (χ2n) is 8.99. The van der Waals surface area contributed by atoms with Crippen molar-refractivity contribution in [1.82, 2.24) is 0 Å². The summed E-state index contributed by atoms with van der Waals surface area (Å²) in [6, 6.07) is 0. The molecular weight excluding hydrogens is 647 g/mol. The maximum atomic E-state index is 14.7. The first-order valence-electron chi connectivity index (χ1n) is 9.94. The number of Topliss-reactive ketones (excluding diaryl/α,β-unsaturated/α-hetero) is 4. The molecule has 0 aliphatic carbocycles. The van der Waals surface area contributed by atoms with Crippen molar-refractivity contribution >= 4 is 29.1 Å². The van der Waals surface area contributed by atoms with E-state index in [1.165, 1.54) is 0 Å². The van der Waals surface area contributed by atoms with Gasteiger partial charge in [0.25, 0.3) is 5.78 Å². The van der Waals surface area contributed by atoms with Gasteiger partial charge in [-0.15, -0.1) is 0 Å². The Morgan fingerprint density at radius 2 is 0.619 bits per heavy atom. The third-order valence-electron chi connectivity index (χ3n) is 5.75. The molecule has 0 aliphatic rings. The molecule has 0 bridgehead atoms. The largest absolute Gasteiger partial charge is 0.546 e. The molecule has 4 atom stereocenters. The Balaban J connectivity index is 6.93. The first-order chi connectivity index (χ1) is 17.8. The van der Waals surface area contributed by atoms with E-state index in [0.717, 1.165) is 0 Å². The van der Waals surface area contributed by atoms with Gasteiger partial charge in [0.2, 0.25) is 40.0 Å². The van der Waals surface area contributed by atoms with E-state index in [-0.39, 0.29) is 0 Å². The third-order valence-corrected chi connectivity index (χ3v) is 5.75. The Morgan fingerprint density at radius 1 is 0.405 bits per heavy atom. The highest BCUT2D eigenvalue weighted by atomic mass is 19.4. The highest BCUT2D eigenvalue weighted by Gasteiger charge is 2.83. The maximum Gasteiger partial charge on any atom is 0.460 e. The van der Waals surface area contributed by atoms with Gasteiger partial charge in [0.05, 0.1) is 5.97 Å². The van der Waals surface area contributed by atoms with Gasteiger partial charge in [-0.05, 0) is 27.7 Å². The number of carbonyl (C=O) groups excluding carboxylic acids is 5. The number of alkyl halides is 17. The molecule has 23 heteroatoms. The van der Waals surface area contributed by atoms with Gasteiger partial charge >= 0.3 is 35.8 Å². The Morgan fingerprint density at radius 3 is 0.833 bits per heavy atom. The highest BCUT2D eigenvalue weighted by molar-refractivity contribution is 6.14. The molecule has 6 nitrogen and oxygen atoms in total. The van der Waals surface area contributed by atoms with Crippen molar-refractivity contribution < 1.29 is 104 Å². The third kappa shape index (κ3) is 5.19. The van der Waals surface area contributed by atoms with Crippen LogP contribution in [0.4, 0.5) is 74.6 Å². The topological polar surface area (TPSA) is 108 Å². The number of halogens is 17. The second-order valence-corrected chi connectivity index (χ2v) is 8.99. The van der Waals surface area contributed by atoms with E-state index in [4.69, 9.17) is 0 Å². The van der Waals surface area contributed by atoms with Crippen molar-refractivity contribution in [3.8, 4) is 0 Å². The lowest BCUT2D eigenvalue weighted by Crippen LogP contribution is -2.71. The van der Waals surface area contributed by atoms with E-state index in [1.54, 1.807) is 0 Å². The monoisotopic (exact) mass is 659 g/mol. The zero-order valence-electron chi connectivity index (χ0n) is 20.4. The molecule has 0 amide bonds. The molecule has 0 heterocycles. The second kappa shape index (κ2) is 10.0. The van der Waals surface area contributed by atoms with Crippen LogP contribution >= 0.6 is 0 Å². The normalized spacial score (nSPS) is 19.9. The van der Waals surface area contributed by atoms with Gasteiger partial charge in [-0.3, -0.25) is 19.2 Å². The minimum atomic E-state index is -7.72. The smallest absolute Gasteiger partial charge is 0.460 e. The van der Waals surface area contributed by atoms with Crippen molar-refractivity contribution in [1.29, 1.82) is 0 Å². The number of aliphatic carboxylic acids is 1. The quantitative estimate of drug-likeness (QED) is 0.221. The summed E-state index contributed by atoms with van der Waals surface area (Å²) in [5, 5.41) is 10.5. The summed E-state index contributed by atoms with van der Waals surface area (Å²) < 4.78 is 233. The lowest BCUT2D eigenvalue weighted by atomic mass is 9.76. The average Bonchev–Trinajstić information content (AvgIpc) is 2.80. The number of carboxylic acids is 1. The summed E-state index contributed by atoms with van der Waals surface area (Å²) in [6.07, 6.45) is -7.52. The van der Waals surface area contributed by atoms with Crippen molar-refractivity contribution in [2.75, 3.05) is 0 Å². The fourth-order valence-electron chi connectivity index (χ4n) is 2.66. The van der Waals surface area contributed by atoms with Crippen LogP contribution in [0.2, 0.25) is 0 Å². The van der Waals surface area contributed by atoms with Gasteiger partial charge in [0.15, 0.2) is 0 Å². The zero-order chi connectivity index (χ0) is 34.9. The predicted molar refractivity (Wildman–Crippen MR) is 93.9 cm³/mol. The fourth-order valence-corrected chi connectivity index (χ4v) is 2.66. The SMILES string of the molecule is CC(F)(C(=O)[O-])C(=O)C(F)(F)C(C)(F)C(=O)C(F)(F)C(C)(F)C(=O)C(F)(F)C(C)(F)C(=O)C(F)(F)C(F)(F)C(F)(F)F. The molecule has 0 rings (SSSR count). The Kier molecular flexibility index (Phi) is 9.29. The van der Waals surface area contributed by atoms with Gasteiger partial charge in [0.1, 0.15) is 0 Å². The van der Waals surface area contributed by atoms with Crippen LogP contribution < -0.4 is 5.11 Å². The van der Waals surface area contributed by atoms with Gasteiger partial charge in [0, 0.05) is 0 Å². The minimum Gasteiger partial charge on any atom is -0.546 e. The van der Waals surface area contributed by atoms with E-state index in [9.17, 15) is 104 Å². The van der Waals surface area contributed by atoms with E-state index < -0.39 is 115 Å². The van der Waals surface area contributed by atoms with Gasteiger partial charge in [-0.1, -0.05) is 0 Å². The number of carbonyl (C=O) groups is 5. The van der Waals surface area contributed by atoms with Crippen LogP contribution in [-0.4, -0.2) is 87.6 Å². The molecule has 0 aliphatic heterocycles.